The predicted molar refractivity (Wildman–Crippen MR) is 121 cm³/mol. The van der Waals surface area contributed by atoms with Gasteiger partial charge in [0, 0.05) is 22.9 Å². The molecule has 3 aliphatic heterocycles. The number of benzene rings is 1. The van der Waals surface area contributed by atoms with Crippen LogP contribution in [-0.4, -0.2) is 56.4 Å². The Morgan fingerprint density at radius 1 is 1.38 bits per heavy atom. The van der Waals surface area contributed by atoms with Gasteiger partial charge in [-0.15, -0.1) is 0 Å². The van der Waals surface area contributed by atoms with E-state index in [2.05, 4.69) is 50.2 Å². The van der Waals surface area contributed by atoms with Gasteiger partial charge in [-0.05, 0) is 68.8 Å². The van der Waals surface area contributed by atoms with Crippen molar-refractivity contribution in [1.82, 2.24) is 10.2 Å². The van der Waals surface area contributed by atoms with Gasteiger partial charge in [-0.25, -0.2) is 4.79 Å². The van der Waals surface area contributed by atoms with Crippen LogP contribution < -0.4 is 14.8 Å². The molecule has 3 heterocycles. The number of likely N-dealkylation sites (tertiary alicyclic amines) is 1. The summed E-state index contributed by atoms with van der Waals surface area (Å²) < 4.78 is 18.2. The second-order valence-electron chi connectivity index (χ2n) is 10.9. The minimum atomic E-state index is -0.222. The van der Waals surface area contributed by atoms with E-state index in [1.54, 1.807) is 7.11 Å². The number of rotatable bonds is 4. The molecule has 2 fully saturated rings. The minimum Gasteiger partial charge on any atom is -0.493 e. The van der Waals surface area contributed by atoms with Crippen molar-refractivity contribution in [3.05, 3.63) is 34.5 Å². The van der Waals surface area contributed by atoms with Gasteiger partial charge in [-0.3, -0.25) is 0 Å². The summed E-state index contributed by atoms with van der Waals surface area (Å²) >= 11 is 0. The quantitative estimate of drug-likeness (QED) is 0.730. The van der Waals surface area contributed by atoms with Gasteiger partial charge >= 0.3 is 5.97 Å². The summed E-state index contributed by atoms with van der Waals surface area (Å²) in [4.78, 5) is 15.5. The molecule has 2 bridgehead atoms. The highest BCUT2D eigenvalue weighted by Crippen LogP contribution is 2.65. The standard InChI is InChI=1S/C26H34N2O4/c1-13(2)12-31-25(29)21-14(3)16-11-17-18-10-15-6-7-19(30-5)23-20(15)26(17,8-9-28(18)4)24(32-23)22(16)27-21/h6-7,13,16-18,22,24,27H,8-12H2,1-5H3. The smallest absolute Gasteiger partial charge is 0.354 e. The Morgan fingerprint density at radius 3 is 2.94 bits per heavy atom. The number of ether oxygens (including phenoxy) is 3. The zero-order chi connectivity index (χ0) is 22.4. The second kappa shape index (κ2) is 6.89. The molecular formula is C26H34N2O4. The third-order valence-electron chi connectivity index (χ3n) is 8.93. The van der Waals surface area contributed by atoms with E-state index in [1.807, 2.05) is 0 Å². The maximum Gasteiger partial charge on any atom is 0.354 e. The van der Waals surface area contributed by atoms with Gasteiger partial charge in [0.05, 0.1) is 19.8 Å². The van der Waals surface area contributed by atoms with Gasteiger partial charge in [-0.2, -0.15) is 0 Å². The number of hydrogen-bond donors (Lipinski definition) is 1. The number of esters is 1. The fraction of sp³-hybridized carbons (Fsp3) is 0.654. The first-order chi connectivity index (χ1) is 15.4. The summed E-state index contributed by atoms with van der Waals surface area (Å²) in [6.07, 6.45) is 3.22. The van der Waals surface area contributed by atoms with Crippen molar-refractivity contribution in [2.24, 2.45) is 17.8 Å². The maximum absolute atomic E-state index is 12.9. The van der Waals surface area contributed by atoms with E-state index in [0.717, 1.165) is 42.9 Å². The number of fused-ring (bicyclic) bond motifs is 2. The summed E-state index contributed by atoms with van der Waals surface area (Å²) in [6, 6.07) is 4.91. The number of likely N-dealkylation sites (N-methyl/N-ethyl adjacent to an activating group) is 1. The average molecular weight is 439 g/mol. The zero-order valence-electron chi connectivity index (χ0n) is 19.7. The summed E-state index contributed by atoms with van der Waals surface area (Å²) in [5, 5.41) is 3.61. The van der Waals surface area contributed by atoms with E-state index in [-0.39, 0.29) is 29.4 Å². The fourth-order valence-electron chi connectivity index (χ4n) is 7.50. The van der Waals surface area contributed by atoms with Gasteiger partial charge in [0.2, 0.25) is 0 Å². The van der Waals surface area contributed by atoms with Crippen molar-refractivity contribution >= 4 is 5.97 Å². The summed E-state index contributed by atoms with van der Waals surface area (Å²) in [6.45, 7) is 7.75. The molecule has 6 heteroatoms. The van der Waals surface area contributed by atoms with Crippen LogP contribution in [0.1, 0.15) is 44.7 Å². The van der Waals surface area contributed by atoms with Crippen molar-refractivity contribution in [2.45, 2.75) is 63.6 Å². The molecule has 1 N–H and O–H groups in total. The molecule has 0 radical (unpaired) electrons. The van der Waals surface area contributed by atoms with Crippen LogP contribution in [-0.2, 0) is 21.4 Å². The highest BCUT2D eigenvalue weighted by molar-refractivity contribution is 5.89. The first-order valence-electron chi connectivity index (χ1n) is 12.1. The Hall–Kier alpha value is -2.21. The van der Waals surface area contributed by atoms with Crippen LogP contribution in [0.15, 0.2) is 23.4 Å². The number of hydrogen-bond acceptors (Lipinski definition) is 6. The van der Waals surface area contributed by atoms with E-state index in [1.165, 1.54) is 11.1 Å². The van der Waals surface area contributed by atoms with E-state index in [0.29, 0.717) is 30.2 Å². The Balaban J connectivity index is 1.43. The molecule has 5 aliphatic rings. The van der Waals surface area contributed by atoms with Gasteiger partial charge in [0.25, 0.3) is 0 Å². The number of carbonyl (C=O) groups excluding carboxylic acids is 1. The molecule has 6 rings (SSSR count). The SMILES string of the molecule is COc1ccc2c3c1OC1C4NC(C(=O)OCC(C)C)=C(C)C4CC4C(C2)N(C)CCC341. The molecule has 1 aromatic rings. The lowest BCUT2D eigenvalue weighted by molar-refractivity contribution is -0.140. The van der Waals surface area contributed by atoms with Gasteiger partial charge in [0.15, 0.2) is 11.5 Å². The summed E-state index contributed by atoms with van der Waals surface area (Å²) in [5.41, 5.74) is 4.58. The van der Waals surface area contributed by atoms with Crippen LogP contribution in [0.3, 0.4) is 0 Å². The molecule has 1 spiro atoms. The Labute approximate surface area is 190 Å². The molecule has 1 saturated heterocycles. The van der Waals surface area contributed by atoms with Gasteiger partial charge < -0.3 is 24.4 Å². The monoisotopic (exact) mass is 438 g/mol. The van der Waals surface area contributed by atoms with Crippen LogP contribution in [0.25, 0.3) is 0 Å². The van der Waals surface area contributed by atoms with Crippen LogP contribution >= 0.6 is 0 Å². The van der Waals surface area contributed by atoms with Crippen molar-refractivity contribution < 1.29 is 19.0 Å². The van der Waals surface area contributed by atoms with Gasteiger partial charge in [-0.1, -0.05) is 19.9 Å². The topological polar surface area (TPSA) is 60.0 Å². The van der Waals surface area contributed by atoms with Crippen molar-refractivity contribution in [2.75, 3.05) is 27.3 Å². The average Bonchev–Trinajstić information content (AvgIpc) is 3.29. The van der Waals surface area contributed by atoms with E-state index in [9.17, 15) is 4.79 Å². The first-order valence-corrected chi connectivity index (χ1v) is 12.1. The lowest BCUT2D eigenvalue weighted by Crippen LogP contribution is -2.69. The predicted octanol–water partition coefficient (Wildman–Crippen LogP) is 3.04. The third kappa shape index (κ3) is 2.47. The first kappa shape index (κ1) is 20.4. The normalized spacial score (nSPS) is 36.4. The molecule has 172 valence electrons. The molecule has 6 atom stereocenters. The highest BCUT2D eigenvalue weighted by Gasteiger charge is 2.68. The maximum atomic E-state index is 12.9. The van der Waals surface area contributed by atoms with Crippen molar-refractivity contribution in [3.8, 4) is 11.5 Å². The van der Waals surface area contributed by atoms with Crippen LogP contribution in [0.4, 0.5) is 0 Å². The van der Waals surface area contributed by atoms with Gasteiger partial charge in [0.1, 0.15) is 11.8 Å². The van der Waals surface area contributed by atoms with Crippen molar-refractivity contribution in [3.63, 3.8) is 0 Å². The highest BCUT2D eigenvalue weighted by atomic mass is 16.5. The number of carbonyl (C=O) groups is 1. The fourth-order valence-corrected chi connectivity index (χ4v) is 7.50. The molecule has 32 heavy (non-hydrogen) atoms. The van der Waals surface area contributed by atoms with Crippen LogP contribution in [0, 0.1) is 17.8 Å². The summed E-state index contributed by atoms with van der Waals surface area (Å²) in [7, 11) is 4.00. The number of nitrogens with zero attached hydrogens (tertiary/aromatic N) is 1. The molecule has 2 aliphatic carbocycles. The molecule has 0 amide bonds. The van der Waals surface area contributed by atoms with Crippen LogP contribution in [0.2, 0.25) is 0 Å². The van der Waals surface area contributed by atoms with E-state index in [4.69, 9.17) is 14.2 Å². The largest absolute Gasteiger partial charge is 0.493 e. The number of nitrogens with one attached hydrogen (secondary N) is 1. The molecule has 1 aromatic carbocycles. The zero-order valence-corrected chi connectivity index (χ0v) is 19.7. The van der Waals surface area contributed by atoms with E-state index < -0.39 is 0 Å². The van der Waals surface area contributed by atoms with Crippen LogP contribution in [0.5, 0.6) is 11.5 Å². The molecule has 6 nitrogen and oxygen atoms in total. The molecule has 0 aromatic heterocycles. The molecule has 6 unspecified atom stereocenters. The minimum absolute atomic E-state index is 0.00171. The summed E-state index contributed by atoms with van der Waals surface area (Å²) in [5.74, 6) is 2.67. The Morgan fingerprint density at radius 2 is 2.19 bits per heavy atom. The molecule has 1 saturated carbocycles. The third-order valence-corrected chi connectivity index (χ3v) is 8.93. The molecular weight excluding hydrogens is 404 g/mol. The van der Waals surface area contributed by atoms with Crippen molar-refractivity contribution in [1.29, 1.82) is 0 Å². The second-order valence-corrected chi connectivity index (χ2v) is 10.9. The number of piperidine rings is 1. The Kier molecular flexibility index (Phi) is 4.40. The lowest BCUT2D eigenvalue weighted by Gasteiger charge is -2.60. The number of methoxy groups -OCH3 is 1. The van der Waals surface area contributed by atoms with E-state index >= 15 is 0 Å². The lowest BCUT2D eigenvalue weighted by atomic mass is 9.49. The Bertz CT molecular complexity index is 1020.